The van der Waals surface area contributed by atoms with Gasteiger partial charge in [0.1, 0.15) is 5.60 Å². The summed E-state index contributed by atoms with van der Waals surface area (Å²) in [6.45, 7) is 9.16. The van der Waals surface area contributed by atoms with Crippen LogP contribution in [0.15, 0.2) is 18.2 Å². The molecule has 1 heterocycles. The van der Waals surface area contributed by atoms with Crippen LogP contribution in [0.5, 0.6) is 0 Å². The van der Waals surface area contributed by atoms with Crippen molar-refractivity contribution in [1.29, 1.82) is 0 Å². The van der Waals surface area contributed by atoms with E-state index in [0.717, 1.165) is 18.4 Å². The zero-order valence-corrected chi connectivity index (χ0v) is 15.5. The Bertz CT molecular complexity index is 677. The zero-order valence-electron chi connectivity index (χ0n) is 15.5. The van der Waals surface area contributed by atoms with Gasteiger partial charge in [0.2, 0.25) is 0 Å². The van der Waals surface area contributed by atoms with Gasteiger partial charge in [-0.15, -0.1) is 0 Å². The molecule has 1 aromatic rings. The minimum atomic E-state index is -0.477. The van der Waals surface area contributed by atoms with Crippen molar-refractivity contribution in [2.75, 3.05) is 13.2 Å². The summed E-state index contributed by atoms with van der Waals surface area (Å²) in [5.74, 6) is 0.217. The first-order chi connectivity index (χ1) is 11.8. The van der Waals surface area contributed by atoms with Crippen molar-refractivity contribution in [2.45, 2.75) is 58.6 Å². The van der Waals surface area contributed by atoms with Crippen molar-refractivity contribution in [3.05, 3.63) is 34.9 Å². The molecular formula is C20H27NO4. The Morgan fingerprint density at radius 3 is 2.68 bits per heavy atom. The molecule has 1 amide bonds. The molecule has 25 heavy (non-hydrogen) atoms. The maximum absolute atomic E-state index is 12.2. The van der Waals surface area contributed by atoms with Crippen LogP contribution < -0.4 is 0 Å². The molecule has 0 spiro atoms. The van der Waals surface area contributed by atoms with Crippen LogP contribution in [0.3, 0.4) is 0 Å². The molecule has 1 aliphatic carbocycles. The summed E-state index contributed by atoms with van der Waals surface area (Å²) in [6.07, 6.45) is 1.44. The fraction of sp³-hybridized carbons (Fsp3) is 0.600. The smallest absolute Gasteiger partial charge is 0.410 e. The van der Waals surface area contributed by atoms with E-state index in [0.29, 0.717) is 19.7 Å². The molecule has 0 N–H and O–H groups in total. The summed E-state index contributed by atoms with van der Waals surface area (Å²) in [5, 5.41) is 0. The molecule has 2 aliphatic rings. The molecule has 3 rings (SSSR count). The normalized spacial score (nSPS) is 22.2. The molecular weight excluding hydrogens is 318 g/mol. The highest BCUT2D eigenvalue weighted by Gasteiger charge is 2.45. The van der Waals surface area contributed by atoms with Crippen molar-refractivity contribution in [1.82, 2.24) is 4.90 Å². The number of nitrogens with zero attached hydrogens (tertiary/aromatic N) is 1. The second kappa shape index (κ2) is 6.70. The van der Waals surface area contributed by atoms with E-state index in [4.69, 9.17) is 9.47 Å². The van der Waals surface area contributed by atoms with Crippen LogP contribution >= 0.6 is 0 Å². The van der Waals surface area contributed by atoms with Crippen molar-refractivity contribution in [3.8, 4) is 0 Å². The summed E-state index contributed by atoms with van der Waals surface area (Å²) in [6, 6.07) is 6.37. The first-order valence-electron chi connectivity index (χ1n) is 9.04. The molecule has 0 radical (unpaired) electrons. The van der Waals surface area contributed by atoms with Gasteiger partial charge < -0.3 is 14.4 Å². The number of carbonyl (C=O) groups is 2. The Labute approximate surface area is 149 Å². The largest absolute Gasteiger partial charge is 0.466 e. The monoisotopic (exact) mass is 345 g/mol. The van der Waals surface area contributed by atoms with Gasteiger partial charge in [-0.05, 0) is 63.1 Å². The molecule has 136 valence electrons. The first-order valence-corrected chi connectivity index (χ1v) is 9.04. The maximum Gasteiger partial charge on any atom is 0.410 e. The Morgan fingerprint density at radius 1 is 1.24 bits per heavy atom. The number of rotatable bonds is 3. The van der Waals surface area contributed by atoms with Gasteiger partial charge in [0.05, 0.1) is 12.5 Å². The van der Waals surface area contributed by atoms with Gasteiger partial charge in [-0.2, -0.15) is 0 Å². The van der Waals surface area contributed by atoms with Gasteiger partial charge in [-0.1, -0.05) is 18.2 Å². The van der Waals surface area contributed by atoms with E-state index in [9.17, 15) is 9.59 Å². The summed E-state index contributed by atoms with van der Waals surface area (Å²) in [4.78, 5) is 25.8. The van der Waals surface area contributed by atoms with E-state index in [-0.39, 0.29) is 23.9 Å². The van der Waals surface area contributed by atoms with Crippen LogP contribution in [0, 0.1) is 5.92 Å². The standard InChI is InChI=1S/C20H27NO4/c1-5-24-18(22)17-11-16(17)14-6-7-15-12-21(9-8-13(15)10-14)19(23)25-20(2,3)4/h6-7,10,16-17H,5,8-9,11-12H2,1-4H3. The number of ether oxygens (including phenoxy) is 2. The van der Waals surface area contributed by atoms with E-state index < -0.39 is 5.60 Å². The summed E-state index contributed by atoms with van der Waals surface area (Å²) < 4.78 is 10.6. The molecule has 0 bridgehead atoms. The zero-order chi connectivity index (χ0) is 18.2. The van der Waals surface area contributed by atoms with Crippen LogP contribution in [-0.4, -0.2) is 35.7 Å². The van der Waals surface area contributed by atoms with Crippen LogP contribution in [0.1, 0.15) is 56.7 Å². The number of carbonyl (C=O) groups excluding carboxylic acids is 2. The second-order valence-electron chi connectivity index (χ2n) is 7.88. The number of fused-ring (bicyclic) bond motifs is 1. The minimum absolute atomic E-state index is 0.0138. The number of esters is 1. The Hall–Kier alpha value is -2.04. The van der Waals surface area contributed by atoms with Crippen molar-refractivity contribution in [2.24, 2.45) is 5.92 Å². The van der Waals surface area contributed by atoms with Gasteiger partial charge in [-0.25, -0.2) is 4.79 Å². The van der Waals surface area contributed by atoms with Gasteiger partial charge in [-0.3, -0.25) is 4.79 Å². The first kappa shape index (κ1) is 17.8. The lowest BCUT2D eigenvalue weighted by Crippen LogP contribution is -2.39. The van der Waals surface area contributed by atoms with E-state index in [1.165, 1.54) is 11.1 Å². The lowest BCUT2D eigenvalue weighted by Gasteiger charge is -2.31. The number of benzene rings is 1. The van der Waals surface area contributed by atoms with Gasteiger partial charge >= 0.3 is 12.1 Å². The predicted octanol–water partition coefficient (Wildman–Crippen LogP) is 3.65. The minimum Gasteiger partial charge on any atom is -0.466 e. The lowest BCUT2D eigenvalue weighted by molar-refractivity contribution is -0.144. The Balaban J connectivity index is 1.64. The fourth-order valence-electron chi connectivity index (χ4n) is 3.36. The maximum atomic E-state index is 12.2. The molecule has 1 fully saturated rings. The number of hydrogen-bond acceptors (Lipinski definition) is 4. The topological polar surface area (TPSA) is 55.8 Å². The SMILES string of the molecule is CCOC(=O)C1CC1c1ccc2c(c1)CCN(C(=O)OC(C)(C)C)C2. The van der Waals surface area contributed by atoms with Gasteiger partial charge in [0.25, 0.3) is 0 Å². The fourth-order valence-corrected chi connectivity index (χ4v) is 3.36. The third-order valence-electron chi connectivity index (χ3n) is 4.70. The van der Waals surface area contributed by atoms with Crippen LogP contribution in [0.2, 0.25) is 0 Å². The van der Waals surface area contributed by atoms with Crippen LogP contribution in [0.4, 0.5) is 4.79 Å². The quantitative estimate of drug-likeness (QED) is 0.785. The Kier molecular flexibility index (Phi) is 4.76. The lowest BCUT2D eigenvalue weighted by atomic mass is 9.95. The van der Waals surface area contributed by atoms with E-state index in [1.807, 2.05) is 27.7 Å². The van der Waals surface area contributed by atoms with Crippen LogP contribution in [-0.2, 0) is 27.2 Å². The Morgan fingerprint density at radius 2 is 2.00 bits per heavy atom. The van der Waals surface area contributed by atoms with Crippen molar-refractivity contribution in [3.63, 3.8) is 0 Å². The predicted molar refractivity (Wildman–Crippen MR) is 94.3 cm³/mol. The molecule has 5 nitrogen and oxygen atoms in total. The average Bonchev–Trinajstić information content (AvgIpc) is 3.33. The number of amides is 1. The van der Waals surface area contributed by atoms with Crippen molar-refractivity contribution < 1.29 is 19.1 Å². The van der Waals surface area contributed by atoms with E-state index >= 15 is 0 Å². The van der Waals surface area contributed by atoms with E-state index in [1.54, 1.807) is 4.90 Å². The summed E-state index contributed by atoms with van der Waals surface area (Å²) in [7, 11) is 0. The highest BCUT2D eigenvalue weighted by atomic mass is 16.6. The van der Waals surface area contributed by atoms with Gasteiger partial charge in [0, 0.05) is 13.1 Å². The molecule has 0 saturated heterocycles. The highest BCUT2D eigenvalue weighted by Crippen LogP contribution is 2.48. The van der Waals surface area contributed by atoms with Gasteiger partial charge in [0.15, 0.2) is 0 Å². The third-order valence-corrected chi connectivity index (χ3v) is 4.70. The molecule has 1 saturated carbocycles. The molecule has 1 aromatic carbocycles. The number of hydrogen-bond donors (Lipinski definition) is 0. The van der Waals surface area contributed by atoms with E-state index in [2.05, 4.69) is 18.2 Å². The molecule has 2 unspecified atom stereocenters. The van der Waals surface area contributed by atoms with Crippen molar-refractivity contribution >= 4 is 12.1 Å². The third kappa shape index (κ3) is 4.14. The summed E-state index contributed by atoms with van der Waals surface area (Å²) in [5.41, 5.74) is 3.17. The second-order valence-corrected chi connectivity index (χ2v) is 7.88. The molecule has 5 heteroatoms. The average molecular weight is 345 g/mol. The highest BCUT2D eigenvalue weighted by molar-refractivity contribution is 5.77. The molecule has 0 aromatic heterocycles. The molecule has 1 aliphatic heterocycles. The summed E-state index contributed by atoms with van der Waals surface area (Å²) >= 11 is 0. The van der Waals surface area contributed by atoms with Crippen LogP contribution in [0.25, 0.3) is 0 Å². The molecule has 2 atom stereocenters.